The Morgan fingerprint density at radius 3 is 2.88 bits per heavy atom. The highest BCUT2D eigenvalue weighted by atomic mass is 15.3. The Labute approximate surface area is 94.7 Å². The van der Waals surface area contributed by atoms with Crippen LogP contribution in [0, 0.1) is 0 Å². The lowest BCUT2D eigenvalue weighted by Gasteiger charge is -2.07. The van der Waals surface area contributed by atoms with Crippen molar-refractivity contribution in [1.29, 1.82) is 0 Å². The minimum absolute atomic E-state index is 0.354. The van der Waals surface area contributed by atoms with Crippen LogP contribution in [0.4, 0.5) is 5.69 Å². The molecule has 0 aromatic carbocycles. The number of nitrogens with zero attached hydrogens (tertiary/aromatic N) is 3. The molecule has 2 aromatic heterocycles. The van der Waals surface area contributed by atoms with Gasteiger partial charge in [-0.05, 0) is 32.8 Å². The minimum Gasteiger partial charge on any atom is -0.381 e. The van der Waals surface area contributed by atoms with Gasteiger partial charge in [-0.15, -0.1) is 0 Å². The summed E-state index contributed by atoms with van der Waals surface area (Å²) in [6.45, 7) is 4.23. The molecule has 1 saturated carbocycles. The maximum atomic E-state index is 4.48. The van der Waals surface area contributed by atoms with E-state index in [1.807, 2.05) is 17.1 Å². The molecule has 2 heterocycles. The highest BCUT2D eigenvalue weighted by Crippen LogP contribution is 2.26. The van der Waals surface area contributed by atoms with Crippen LogP contribution in [0.25, 0.3) is 11.0 Å². The van der Waals surface area contributed by atoms with Gasteiger partial charge in [-0.2, -0.15) is 5.10 Å². The number of hydrogen-bond donors (Lipinski definition) is 1. The largest absolute Gasteiger partial charge is 0.381 e. The Morgan fingerprint density at radius 1 is 1.38 bits per heavy atom. The summed E-state index contributed by atoms with van der Waals surface area (Å²) in [6, 6.07) is 3.15. The van der Waals surface area contributed by atoms with Crippen molar-refractivity contribution in [1.82, 2.24) is 14.8 Å². The van der Waals surface area contributed by atoms with Gasteiger partial charge < -0.3 is 5.32 Å². The Kier molecular flexibility index (Phi) is 2.09. The fourth-order valence-electron chi connectivity index (χ4n) is 1.86. The van der Waals surface area contributed by atoms with E-state index >= 15 is 0 Å². The molecule has 1 aliphatic carbocycles. The van der Waals surface area contributed by atoms with Crippen LogP contribution in [0.2, 0.25) is 0 Å². The van der Waals surface area contributed by atoms with Gasteiger partial charge in [0, 0.05) is 17.5 Å². The van der Waals surface area contributed by atoms with Crippen molar-refractivity contribution < 1.29 is 0 Å². The van der Waals surface area contributed by atoms with Crippen LogP contribution in [0.15, 0.2) is 18.5 Å². The average Bonchev–Trinajstić information content (AvgIpc) is 2.96. The van der Waals surface area contributed by atoms with Gasteiger partial charge in [-0.3, -0.25) is 0 Å². The van der Waals surface area contributed by atoms with E-state index in [1.54, 1.807) is 0 Å². The quantitative estimate of drug-likeness (QED) is 0.857. The van der Waals surface area contributed by atoms with Crippen LogP contribution < -0.4 is 5.32 Å². The predicted octanol–water partition coefficient (Wildman–Crippen LogP) is 2.59. The molecule has 0 bridgehead atoms. The first kappa shape index (κ1) is 9.63. The van der Waals surface area contributed by atoms with Gasteiger partial charge in [0.1, 0.15) is 0 Å². The zero-order valence-corrected chi connectivity index (χ0v) is 9.64. The molecule has 0 saturated heterocycles. The molecule has 0 aliphatic heterocycles. The van der Waals surface area contributed by atoms with E-state index in [0.29, 0.717) is 12.1 Å². The highest BCUT2D eigenvalue weighted by Gasteiger charge is 2.21. The van der Waals surface area contributed by atoms with Crippen LogP contribution in [-0.4, -0.2) is 20.8 Å². The summed E-state index contributed by atoms with van der Waals surface area (Å²) < 4.78 is 1.95. The molecule has 84 valence electrons. The summed E-state index contributed by atoms with van der Waals surface area (Å²) in [5.74, 6) is 0. The second kappa shape index (κ2) is 3.47. The third-order valence-corrected chi connectivity index (χ3v) is 2.87. The van der Waals surface area contributed by atoms with E-state index in [4.69, 9.17) is 0 Å². The van der Waals surface area contributed by atoms with Crippen molar-refractivity contribution in [3.05, 3.63) is 18.5 Å². The molecule has 0 unspecified atom stereocenters. The molecule has 16 heavy (non-hydrogen) atoms. The Bertz CT molecular complexity index is 511. The second-order valence-electron chi connectivity index (χ2n) is 4.74. The topological polar surface area (TPSA) is 42.7 Å². The number of pyridine rings is 1. The van der Waals surface area contributed by atoms with Crippen molar-refractivity contribution in [2.45, 2.75) is 38.8 Å². The normalized spacial score (nSPS) is 15.9. The molecule has 3 rings (SSSR count). The molecule has 1 fully saturated rings. The van der Waals surface area contributed by atoms with E-state index < -0.39 is 0 Å². The fraction of sp³-hybridized carbons (Fsp3) is 0.500. The molecule has 0 radical (unpaired) electrons. The number of nitrogens with one attached hydrogen (secondary N) is 1. The monoisotopic (exact) mass is 216 g/mol. The van der Waals surface area contributed by atoms with Crippen molar-refractivity contribution >= 4 is 16.7 Å². The van der Waals surface area contributed by atoms with E-state index in [2.05, 4.69) is 35.3 Å². The van der Waals surface area contributed by atoms with Gasteiger partial charge in [0.25, 0.3) is 0 Å². The molecule has 0 spiro atoms. The molecule has 1 aliphatic rings. The molecule has 0 atom stereocenters. The van der Waals surface area contributed by atoms with Gasteiger partial charge in [0.2, 0.25) is 0 Å². The number of rotatable bonds is 3. The minimum atomic E-state index is 0.354. The maximum Gasteiger partial charge on any atom is 0.158 e. The lowest BCUT2D eigenvalue weighted by Crippen LogP contribution is -2.04. The van der Waals surface area contributed by atoms with E-state index in [0.717, 1.165) is 16.7 Å². The molecule has 0 amide bonds. The Morgan fingerprint density at radius 2 is 2.19 bits per heavy atom. The SMILES string of the molecule is CC(C)n1ncc2cc(NC3CC3)cnc21. The highest BCUT2D eigenvalue weighted by molar-refractivity contribution is 5.78. The summed E-state index contributed by atoms with van der Waals surface area (Å²) in [5, 5.41) is 8.91. The smallest absolute Gasteiger partial charge is 0.158 e. The van der Waals surface area contributed by atoms with E-state index in [-0.39, 0.29) is 0 Å². The van der Waals surface area contributed by atoms with Crippen molar-refractivity contribution in [2.75, 3.05) is 5.32 Å². The van der Waals surface area contributed by atoms with Gasteiger partial charge >= 0.3 is 0 Å². The summed E-state index contributed by atoms with van der Waals surface area (Å²) in [4.78, 5) is 4.48. The molecule has 4 heteroatoms. The first-order valence-corrected chi connectivity index (χ1v) is 5.84. The fourth-order valence-corrected chi connectivity index (χ4v) is 1.86. The first-order valence-electron chi connectivity index (χ1n) is 5.84. The summed E-state index contributed by atoms with van der Waals surface area (Å²) in [6.07, 6.45) is 6.36. The number of aromatic nitrogens is 3. The second-order valence-corrected chi connectivity index (χ2v) is 4.74. The number of hydrogen-bond acceptors (Lipinski definition) is 3. The molecular weight excluding hydrogens is 200 g/mol. The Hall–Kier alpha value is -1.58. The van der Waals surface area contributed by atoms with E-state index in [1.165, 1.54) is 12.8 Å². The third-order valence-electron chi connectivity index (χ3n) is 2.87. The average molecular weight is 216 g/mol. The Balaban J connectivity index is 1.98. The first-order chi connectivity index (χ1) is 7.74. The summed E-state index contributed by atoms with van der Waals surface area (Å²) in [5.41, 5.74) is 2.08. The summed E-state index contributed by atoms with van der Waals surface area (Å²) in [7, 11) is 0. The molecular formula is C12H16N4. The number of fused-ring (bicyclic) bond motifs is 1. The van der Waals surface area contributed by atoms with Crippen LogP contribution in [0.5, 0.6) is 0 Å². The van der Waals surface area contributed by atoms with Gasteiger partial charge in [-0.1, -0.05) is 0 Å². The van der Waals surface area contributed by atoms with Gasteiger partial charge in [-0.25, -0.2) is 9.67 Å². The van der Waals surface area contributed by atoms with Crippen LogP contribution in [0.1, 0.15) is 32.7 Å². The number of anilines is 1. The van der Waals surface area contributed by atoms with Gasteiger partial charge in [0.05, 0.1) is 18.1 Å². The van der Waals surface area contributed by atoms with Crippen molar-refractivity contribution in [3.63, 3.8) is 0 Å². The van der Waals surface area contributed by atoms with Gasteiger partial charge in [0.15, 0.2) is 5.65 Å². The van der Waals surface area contributed by atoms with E-state index in [9.17, 15) is 0 Å². The van der Waals surface area contributed by atoms with Crippen molar-refractivity contribution in [2.24, 2.45) is 0 Å². The molecule has 4 nitrogen and oxygen atoms in total. The lowest BCUT2D eigenvalue weighted by molar-refractivity contribution is 0.546. The van der Waals surface area contributed by atoms with Crippen LogP contribution >= 0.6 is 0 Å². The maximum absolute atomic E-state index is 4.48. The standard InChI is InChI=1S/C12H16N4/c1-8(2)16-12-9(6-14-16)5-11(7-13-12)15-10-3-4-10/h5-8,10,15H,3-4H2,1-2H3. The third kappa shape index (κ3) is 1.64. The molecule has 1 N–H and O–H groups in total. The predicted molar refractivity (Wildman–Crippen MR) is 64.6 cm³/mol. The lowest BCUT2D eigenvalue weighted by atomic mass is 10.3. The zero-order valence-electron chi connectivity index (χ0n) is 9.64. The van der Waals surface area contributed by atoms with Crippen LogP contribution in [0.3, 0.4) is 0 Å². The van der Waals surface area contributed by atoms with Crippen molar-refractivity contribution in [3.8, 4) is 0 Å². The van der Waals surface area contributed by atoms with Crippen LogP contribution in [-0.2, 0) is 0 Å². The zero-order chi connectivity index (χ0) is 11.1. The summed E-state index contributed by atoms with van der Waals surface area (Å²) >= 11 is 0. The molecule has 2 aromatic rings.